The van der Waals surface area contributed by atoms with Crippen molar-refractivity contribution in [2.45, 2.75) is 13.5 Å². The number of imidazole rings is 1. The average molecular weight is 546 g/mol. The Hall–Kier alpha value is -4.60. The molecular weight excluding hydrogens is 510 g/mol. The van der Waals surface area contributed by atoms with Crippen molar-refractivity contribution in [3.8, 4) is 11.5 Å². The van der Waals surface area contributed by atoms with Gasteiger partial charge in [-0.15, -0.1) is 0 Å². The quantitative estimate of drug-likeness (QED) is 0.225. The molecule has 0 saturated carbocycles. The van der Waals surface area contributed by atoms with E-state index in [0.29, 0.717) is 12.4 Å². The monoisotopic (exact) mass is 545 g/mol. The molecule has 208 valence electrons. The number of likely N-dealkylation sites (N-methyl/N-ethyl adjacent to an activating group) is 1. The van der Waals surface area contributed by atoms with Gasteiger partial charge in [-0.25, -0.2) is 4.98 Å². The number of benzene rings is 1. The van der Waals surface area contributed by atoms with E-state index in [4.69, 9.17) is 9.97 Å². The van der Waals surface area contributed by atoms with E-state index in [1.807, 2.05) is 37.7 Å². The van der Waals surface area contributed by atoms with Crippen LogP contribution in [0.2, 0.25) is 0 Å². The predicted octanol–water partition coefficient (Wildman–Crippen LogP) is 4.95. The maximum atomic E-state index is 5.01. The third kappa shape index (κ3) is 5.68. The number of nitrogens with zero attached hydrogens (tertiary/aromatic N) is 6. The highest BCUT2D eigenvalue weighted by Crippen LogP contribution is 2.31. The number of anilines is 1. The Morgan fingerprint density at radius 3 is 2.68 bits per heavy atom. The Labute approximate surface area is 239 Å². The highest BCUT2D eigenvalue weighted by atomic mass is 15.3. The molecule has 6 rings (SSSR count). The van der Waals surface area contributed by atoms with Crippen molar-refractivity contribution in [1.29, 1.82) is 0 Å². The first-order chi connectivity index (χ1) is 20.1. The van der Waals surface area contributed by atoms with Gasteiger partial charge in [0.2, 0.25) is 0 Å². The van der Waals surface area contributed by atoms with Gasteiger partial charge in [0.25, 0.3) is 0 Å². The standard InChI is InChI=1S/C32H35N9/c1-4-22(17-33-18-23-9-7-6-8-10-23)15-24(5-2)26-16-25-27(20-35-26)38-39-30(25)32-36-28-19-34-21-29(31(28)37-32)41-13-11-40(3)12-14-41/h4-10,15-16,19-21,33H,1,11-14,17-18H2,2-3H3,(H,36,37)(H,38,39)/b22-15+,24-5+. The highest BCUT2D eigenvalue weighted by Gasteiger charge is 2.20. The molecule has 0 radical (unpaired) electrons. The Morgan fingerprint density at radius 2 is 1.90 bits per heavy atom. The highest BCUT2D eigenvalue weighted by molar-refractivity contribution is 5.96. The molecule has 9 heteroatoms. The number of rotatable bonds is 9. The van der Waals surface area contributed by atoms with Gasteiger partial charge in [0, 0.05) is 44.7 Å². The van der Waals surface area contributed by atoms with E-state index in [9.17, 15) is 0 Å². The minimum Gasteiger partial charge on any atom is -0.366 e. The molecular formula is C32H35N9. The zero-order valence-corrected chi connectivity index (χ0v) is 23.6. The van der Waals surface area contributed by atoms with Gasteiger partial charge < -0.3 is 20.1 Å². The summed E-state index contributed by atoms with van der Waals surface area (Å²) in [5.74, 6) is 0.709. The smallest absolute Gasteiger partial charge is 0.159 e. The van der Waals surface area contributed by atoms with Crippen LogP contribution in [-0.2, 0) is 6.54 Å². The van der Waals surface area contributed by atoms with Crippen molar-refractivity contribution >= 4 is 33.2 Å². The second-order valence-electron chi connectivity index (χ2n) is 10.4. The van der Waals surface area contributed by atoms with E-state index in [-0.39, 0.29) is 0 Å². The fraction of sp³-hybridized carbons (Fsp3) is 0.250. The van der Waals surface area contributed by atoms with Crippen LogP contribution in [0.15, 0.2) is 85.4 Å². The van der Waals surface area contributed by atoms with Crippen LogP contribution < -0.4 is 10.2 Å². The van der Waals surface area contributed by atoms with Crippen molar-refractivity contribution in [1.82, 2.24) is 40.3 Å². The van der Waals surface area contributed by atoms with E-state index in [1.165, 1.54) is 5.56 Å². The summed E-state index contributed by atoms with van der Waals surface area (Å²) in [6.07, 6.45) is 11.7. The summed E-state index contributed by atoms with van der Waals surface area (Å²) in [5, 5.41) is 12.2. The molecule has 3 N–H and O–H groups in total. The van der Waals surface area contributed by atoms with Crippen LogP contribution in [0.25, 0.3) is 39.0 Å². The lowest BCUT2D eigenvalue weighted by atomic mass is 10.1. The third-order valence-electron chi connectivity index (χ3n) is 7.60. The van der Waals surface area contributed by atoms with Crippen LogP contribution in [0.3, 0.4) is 0 Å². The van der Waals surface area contributed by atoms with Crippen molar-refractivity contribution in [3.63, 3.8) is 0 Å². The van der Waals surface area contributed by atoms with Crippen molar-refractivity contribution < 1.29 is 0 Å². The zero-order chi connectivity index (χ0) is 28.2. The molecule has 0 unspecified atom stereocenters. The van der Waals surface area contributed by atoms with Gasteiger partial charge in [-0.1, -0.05) is 49.1 Å². The van der Waals surface area contributed by atoms with Gasteiger partial charge in [0.15, 0.2) is 5.82 Å². The molecule has 5 aromatic rings. The Morgan fingerprint density at radius 1 is 1.07 bits per heavy atom. The van der Waals surface area contributed by atoms with Gasteiger partial charge in [0.1, 0.15) is 11.2 Å². The van der Waals surface area contributed by atoms with Gasteiger partial charge in [-0.05, 0) is 42.8 Å². The summed E-state index contributed by atoms with van der Waals surface area (Å²) in [6, 6.07) is 12.5. The largest absolute Gasteiger partial charge is 0.366 e. The molecule has 1 aliphatic rings. The molecule has 1 aromatic carbocycles. The number of fused-ring (bicyclic) bond motifs is 2. The third-order valence-corrected chi connectivity index (χ3v) is 7.60. The molecule has 9 nitrogen and oxygen atoms in total. The maximum Gasteiger partial charge on any atom is 0.159 e. The van der Waals surface area contributed by atoms with Gasteiger partial charge in [-0.2, -0.15) is 5.10 Å². The molecule has 41 heavy (non-hydrogen) atoms. The summed E-state index contributed by atoms with van der Waals surface area (Å²) in [4.78, 5) is 22.4. The number of piperazine rings is 1. The first kappa shape index (κ1) is 26.6. The van der Waals surface area contributed by atoms with E-state index in [0.717, 1.165) is 82.9 Å². The van der Waals surface area contributed by atoms with Crippen LogP contribution in [0.4, 0.5) is 5.69 Å². The normalized spacial score (nSPS) is 15.2. The zero-order valence-electron chi connectivity index (χ0n) is 23.6. The van der Waals surface area contributed by atoms with Crippen LogP contribution in [0.1, 0.15) is 18.2 Å². The number of pyridine rings is 2. The van der Waals surface area contributed by atoms with Crippen LogP contribution in [-0.4, -0.2) is 74.8 Å². The predicted molar refractivity (Wildman–Crippen MR) is 167 cm³/mol. The van der Waals surface area contributed by atoms with Gasteiger partial charge in [0.05, 0.1) is 41.0 Å². The fourth-order valence-corrected chi connectivity index (χ4v) is 5.20. The summed E-state index contributed by atoms with van der Waals surface area (Å²) >= 11 is 0. The molecule has 5 heterocycles. The van der Waals surface area contributed by atoms with Crippen molar-refractivity contribution in [2.75, 3.05) is 44.7 Å². The average Bonchev–Trinajstić information content (AvgIpc) is 3.64. The second kappa shape index (κ2) is 11.9. The van der Waals surface area contributed by atoms with E-state index in [2.05, 4.69) is 91.4 Å². The topological polar surface area (TPSA) is 102 Å². The van der Waals surface area contributed by atoms with E-state index >= 15 is 0 Å². The maximum absolute atomic E-state index is 5.01. The lowest BCUT2D eigenvalue weighted by Gasteiger charge is -2.33. The Kier molecular flexibility index (Phi) is 7.71. The molecule has 0 spiro atoms. The summed E-state index contributed by atoms with van der Waals surface area (Å²) in [7, 11) is 2.16. The molecule has 0 aliphatic carbocycles. The van der Waals surface area contributed by atoms with E-state index in [1.54, 1.807) is 0 Å². The molecule has 0 atom stereocenters. The Balaban J connectivity index is 1.27. The van der Waals surface area contributed by atoms with Gasteiger partial charge in [-0.3, -0.25) is 15.1 Å². The Bertz CT molecular complexity index is 1720. The minimum absolute atomic E-state index is 0.706. The van der Waals surface area contributed by atoms with E-state index < -0.39 is 0 Å². The van der Waals surface area contributed by atoms with Gasteiger partial charge >= 0.3 is 0 Å². The van der Waals surface area contributed by atoms with Crippen LogP contribution in [0.5, 0.6) is 0 Å². The fourth-order valence-electron chi connectivity index (χ4n) is 5.20. The van der Waals surface area contributed by atoms with Crippen molar-refractivity contribution in [3.05, 3.63) is 96.6 Å². The number of nitrogens with one attached hydrogen (secondary N) is 3. The lowest BCUT2D eigenvalue weighted by molar-refractivity contribution is 0.313. The SMILES string of the molecule is C=C/C(=C\C(=C/C)c1cc2c(-c3nc4c(N5CCN(C)CC5)cncc4[nH]3)n[nH]c2cn1)CNCc1ccccc1. The molecule has 1 fully saturated rings. The number of hydrogen-bond acceptors (Lipinski definition) is 7. The molecule has 1 aliphatic heterocycles. The molecule has 4 aromatic heterocycles. The number of aromatic amines is 2. The van der Waals surface area contributed by atoms with Crippen LogP contribution in [0, 0.1) is 0 Å². The first-order valence-corrected chi connectivity index (χ1v) is 14.0. The second-order valence-corrected chi connectivity index (χ2v) is 10.4. The van der Waals surface area contributed by atoms with Crippen LogP contribution >= 0.6 is 0 Å². The first-order valence-electron chi connectivity index (χ1n) is 14.0. The lowest BCUT2D eigenvalue weighted by Crippen LogP contribution is -2.44. The number of aromatic nitrogens is 6. The summed E-state index contributed by atoms with van der Waals surface area (Å²) in [5.41, 5.74) is 8.70. The summed E-state index contributed by atoms with van der Waals surface area (Å²) < 4.78 is 0. The number of hydrogen-bond donors (Lipinski definition) is 3. The van der Waals surface area contributed by atoms with Crippen molar-refractivity contribution in [2.24, 2.45) is 0 Å². The molecule has 1 saturated heterocycles. The number of H-pyrrole nitrogens is 2. The number of allylic oxidation sites excluding steroid dienone is 3. The molecule has 0 amide bonds. The minimum atomic E-state index is 0.706. The molecule has 0 bridgehead atoms. The summed E-state index contributed by atoms with van der Waals surface area (Å²) in [6.45, 7) is 11.5.